The maximum atomic E-state index is 12.6. The van der Waals surface area contributed by atoms with Crippen LogP contribution in [0.2, 0.25) is 0 Å². The molecule has 5 heteroatoms. The minimum atomic E-state index is -2.58. The van der Waals surface area contributed by atoms with Crippen LogP contribution >= 0.6 is 15.9 Å². The second-order valence-corrected chi connectivity index (χ2v) is 3.75. The lowest BCUT2D eigenvalue weighted by molar-refractivity contribution is 0.0719. The summed E-state index contributed by atoms with van der Waals surface area (Å²) in [5, 5.41) is 0. The molecule has 2 aromatic rings. The molecule has 1 heterocycles. The standard InChI is InChI=1S/C10H7BrF2N2/c11-8-6-15(10(12)13)9(14-8)7-4-2-1-3-5-7/h1-6,10H. The summed E-state index contributed by atoms with van der Waals surface area (Å²) in [6.45, 7) is -2.58. The van der Waals surface area contributed by atoms with Gasteiger partial charge in [0, 0.05) is 11.8 Å². The Kier molecular flexibility index (Phi) is 2.81. The Morgan fingerprint density at radius 3 is 2.47 bits per heavy atom. The van der Waals surface area contributed by atoms with Crippen molar-refractivity contribution >= 4 is 15.9 Å². The summed E-state index contributed by atoms with van der Waals surface area (Å²) in [6.07, 6.45) is 1.27. The summed E-state index contributed by atoms with van der Waals surface area (Å²) in [5.74, 6) is 0.262. The van der Waals surface area contributed by atoms with E-state index in [1.54, 1.807) is 24.3 Å². The Hall–Kier alpha value is -1.23. The molecule has 1 aromatic carbocycles. The van der Waals surface area contributed by atoms with Crippen molar-refractivity contribution in [3.05, 3.63) is 41.1 Å². The zero-order valence-electron chi connectivity index (χ0n) is 7.57. The number of nitrogens with zero attached hydrogens (tertiary/aromatic N) is 2. The number of rotatable bonds is 2. The van der Waals surface area contributed by atoms with E-state index >= 15 is 0 Å². The first-order chi connectivity index (χ1) is 7.18. The number of hydrogen-bond donors (Lipinski definition) is 0. The van der Waals surface area contributed by atoms with E-state index in [0.29, 0.717) is 10.2 Å². The van der Waals surface area contributed by atoms with E-state index in [1.807, 2.05) is 6.07 Å². The van der Waals surface area contributed by atoms with Crippen molar-refractivity contribution in [2.45, 2.75) is 6.55 Å². The second kappa shape index (κ2) is 4.10. The fourth-order valence-corrected chi connectivity index (χ4v) is 1.70. The molecule has 0 saturated carbocycles. The van der Waals surface area contributed by atoms with Crippen LogP contribution < -0.4 is 0 Å². The molecule has 0 spiro atoms. The normalized spacial score (nSPS) is 10.9. The topological polar surface area (TPSA) is 17.8 Å². The number of alkyl halides is 2. The maximum absolute atomic E-state index is 12.6. The molecule has 0 aliphatic carbocycles. The number of halogens is 3. The predicted octanol–water partition coefficient (Wildman–Crippen LogP) is 3.71. The van der Waals surface area contributed by atoms with Gasteiger partial charge >= 0.3 is 6.55 Å². The van der Waals surface area contributed by atoms with E-state index in [-0.39, 0.29) is 5.82 Å². The van der Waals surface area contributed by atoms with Crippen molar-refractivity contribution in [1.82, 2.24) is 9.55 Å². The number of aromatic nitrogens is 2. The van der Waals surface area contributed by atoms with Crippen LogP contribution in [0.3, 0.4) is 0 Å². The summed E-state index contributed by atoms with van der Waals surface area (Å²) < 4.78 is 26.5. The lowest BCUT2D eigenvalue weighted by Crippen LogP contribution is -1.98. The predicted molar refractivity (Wildman–Crippen MR) is 56.6 cm³/mol. The smallest absolute Gasteiger partial charge is 0.272 e. The van der Waals surface area contributed by atoms with Gasteiger partial charge in [-0.15, -0.1) is 0 Å². The minimum absolute atomic E-state index is 0.262. The molecule has 1 aromatic heterocycles. The molecule has 2 nitrogen and oxygen atoms in total. The lowest BCUT2D eigenvalue weighted by atomic mass is 10.2. The van der Waals surface area contributed by atoms with Crippen LogP contribution in [0.25, 0.3) is 11.4 Å². The second-order valence-electron chi connectivity index (χ2n) is 2.94. The van der Waals surface area contributed by atoms with E-state index in [2.05, 4.69) is 20.9 Å². The Morgan fingerprint density at radius 2 is 1.87 bits per heavy atom. The van der Waals surface area contributed by atoms with Crippen LogP contribution in [-0.4, -0.2) is 9.55 Å². The molecule has 2 rings (SSSR count). The molecule has 0 radical (unpaired) electrons. The summed E-state index contributed by atoms with van der Waals surface area (Å²) in [7, 11) is 0. The lowest BCUT2D eigenvalue weighted by Gasteiger charge is -2.05. The van der Waals surface area contributed by atoms with Gasteiger partial charge < -0.3 is 0 Å². The van der Waals surface area contributed by atoms with Gasteiger partial charge in [0.1, 0.15) is 10.4 Å². The van der Waals surface area contributed by atoms with E-state index < -0.39 is 6.55 Å². The van der Waals surface area contributed by atoms with Crippen LogP contribution in [0.5, 0.6) is 0 Å². The van der Waals surface area contributed by atoms with E-state index in [4.69, 9.17) is 0 Å². The highest BCUT2D eigenvalue weighted by Gasteiger charge is 2.14. The van der Waals surface area contributed by atoms with Gasteiger partial charge in [-0.1, -0.05) is 30.3 Å². The van der Waals surface area contributed by atoms with Crippen molar-refractivity contribution in [2.75, 3.05) is 0 Å². The summed E-state index contributed by atoms with van der Waals surface area (Å²) in [5.41, 5.74) is 0.670. The van der Waals surface area contributed by atoms with Gasteiger partial charge in [0.25, 0.3) is 0 Å². The maximum Gasteiger partial charge on any atom is 0.320 e. The Morgan fingerprint density at radius 1 is 1.20 bits per heavy atom. The van der Waals surface area contributed by atoms with Crippen molar-refractivity contribution in [2.24, 2.45) is 0 Å². The van der Waals surface area contributed by atoms with Crippen molar-refractivity contribution in [1.29, 1.82) is 0 Å². The van der Waals surface area contributed by atoms with Gasteiger partial charge in [-0.3, -0.25) is 4.57 Å². The highest BCUT2D eigenvalue weighted by atomic mass is 79.9. The molecule has 0 bridgehead atoms. The van der Waals surface area contributed by atoms with Gasteiger partial charge in [0.2, 0.25) is 0 Å². The van der Waals surface area contributed by atoms with Crippen molar-refractivity contribution < 1.29 is 8.78 Å². The minimum Gasteiger partial charge on any atom is -0.272 e. The molecule has 0 unspecified atom stereocenters. The van der Waals surface area contributed by atoms with E-state index in [1.165, 1.54) is 6.20 Å². The van der Waals surface area contributed by atoms with Crippen LogP contribution in [0, 0.1) is 0 Å². The third-order valence-corrected chi connectivity index (χ3v) is 2.33. The van der Waals surface area contributed by atoms with Crippen LogP contribution in [-0.2, 0) is 0 Å². The largest absolute Gasteiger partial charge is 0.320 e. The first kappa shape index (κ1) is 10.3. The number of imidazole rings is 1. The monoisotopic (exact) mass is 272 g/mol. The summed E-state index contributed by atoms with van der Waals surface area (Å²) >= 11 is 3.08. The molecule has 0 amide bonds. The van der Waals surface area contributed by atoms with Gasteiger partial charge in [0.05, 0.1) is 0 Å². The van der Waals surface area contributed by atoms with Crippen LogP contribution in [0.1, 0.15) is 6.55 Å². The SMILES string of the molecule is FC(F)n1cc(Br)nc1-c1ccccc1. The molecule has 0 aliphatic rings. The molecule has 15 heavy (non-hydrogen) atoms. The quantitative estimate of drug-likeness (QED) is 0.815. The third-order valence-electron chi connectivity index (χ3n) is 1.95. The first-order valence-corrected chi connectivity index (χ1v) is 5.05. The average Bonchev–Trinajstić information content (AvgIpc) is 2.62. The Balaban J connectivity index is 2.53. The fraction of sp³-hybridized carbons (Fsp3) is 0.100. The number of hydrogen-bond acceptors (Lipinski definition) is 1. The van der Waals surface area contributed by atoms with Gasteiger partial charge in [0.15, 0.2) is 0 Å². The molecule has 0 atom stereocenters. The third kappa shape index (κ3) is 2.07. The number of benzene rings is 1. The highest BCUT2D eigenvalue weighted by Crippen LogP contribution is 2.25. The molecular weight excluding hydrogens is 266 g/mol. The zero-order valence-corrected chi connectivity index (χ0v) is 9.16. The molecule has 78 valence electrons. The summed E-state index contributed by atoms with van der Waals surface area (Å²) in [4.78, 5) is 4.00. The van der Waals surface area contributed by atoms with E-state index in [9.17, 15) is 8.78 Å². The Labute approximate surface area is 93.7 Å². The van der Waals surface area contributed by atoms with E-state index in [0.717, 1.165) is 4.57 Å². The molecule has 0 fully saturated rings. The molecule has 0 saturated heterocycles. The average molecular weight is 273 g/mol. The highest BCUT2D eigenvalue weighted by molar-refractivity contribution is 9.10. The Bertz CT molecular complexity index is 454. The molecular formula is C10H7BrF2N2. The van der Waals surface area contributed by atoms with Crippen molar-refractivity contribution in [3.8, 4) is 11.4 Å². The van der Waals surface area contributed by atoms with Crippen LogP contribution in [0.4, 0.5) is 8.78 Å². The van der Waals surface area contributed by atoms with Crippen molar-refractivity contribution in [3.63, 3.8) is 0 Å². The first-order valence-electron chi connectivity index (χ1n) is 4.26. The van der Waals surface area contributed by atoms with Crippen LogP contribution in [0.15, 0.2) is 41.1 Å². The molecule has 0 aliphatic heterocycles. The van der Waals surface area contributed by atoms with Gasteiger partial charge in [-0.2, -0.15) is 8.78 Å². The zero-order chi connectivity index (χ0) is 10.8. The fourth-order valence-electron chi connectivity index (χ4n) is 1.31. The summed E-state index contributed by atoms with van der Waals surface area (Å²) in [6, 6.07) is 8.89. The van der Waals surface area contributed by atoms with Gasteiger partial charge in [-0.25, -0.2) is 4.98 Å². The van der Waals surface area contributed by atoms with Gasteiger partial charge in [-0.05, 0) is 15.9 Å². The molecule has 0 N–H and O–H groups in total.